The van der Waals surface area contributed by atoms with E-state index in [1.807, 2.05) is 19.2 Å². The summed E-state index contributed by atoms with van der Waals surface area (Å²) in [5.41, 5.74) is 3.89. The maximum atomic E-state index is 12.5. The molecule has 0 radical (unpaired) electrons. The van der Waals surface area contributed by atoms with Crippen molar-refractivity contribution in [3.8, 4) is 0 Å². The molecule has 1 aliphatic rings. The molecular formula is C19H20N2O2. The summed E-state index contributed by atoms with van der Waals surface area (Å²) in [6.45, 7) is 1.53. The van der Waals surface area contributed by atoms with Gasteiger partial charge in [-0.15, -0.1) is 0 Å². The van der Waals surface area contributed by atoms with Crippen LogP contribution >= 0.6 is 0 Å². The first-order valence-corrected chi connectivity index (χ1v) is 7.79. The molecule has 23 heavy (non-hydrogen) atoms. The molecule has 0 bridgehead atoms. The number of ketones is 1. The zero-order chi connectivity index (χ0) is 16.4. The van der Waals surface area contributed by atoms with Gasteiger partial charge in [-0.25, -0.2) is 4.79 Å². The monoisotopic (exact) mass is 308 g/mol. The van der Waals surface area contributed by atoms with Crippen molar-refractivity contribution in [2.75, 3.05) is 12.4 Å². The maximum absolute atomic E-state index is 12.5. The number of benzene rings is 2. The number of urea groups is 1. The van der Waals surface area contributed by atoms with E-state index in [0.29, 0.717) is 11.3 Å². The van der Waals surface area contributed by atoms with Crippen LogP contribution in [-0.2, 0) is 6.42 Å². The number of aryl methyl sites for hydroxylation is 1. The van der Waals surface area contributed by atoms with Gasteiger partial charge in [0.05, 0.1) is 6.04 Å². The van der Waals surface area contributed by atoms with Crippen LogP contribution in [-0.4, -0.2) is 23.8 Å². The average Bonchev–Trinajstić information content (AvgIpc) is 2.98. The van der Waals surface area contributed by atoms with Gasteiger partial charge < -0.3 is 10.2 Å². The zero-order valence-corrected chi connectivity index (χ0v) is 13.4. The van der Waals surface area contributed by atoms with Crippen LogP contribution in [0.2, 0.25) is 0 Å². The highest BCUT2D eigenvalue weighted by molar-refractivity contribution is 5.95. The first-order chi connectivity index (χ1) is 11.1. The Balaban J connectivity index is 1.70. The SMILES string of the molecule is CC(=O)c1ccc(NC(=O)N(C)C2CCc3ccccc32)cc1. The molecule has 1 unspecified atom stereocenters. The third-order valence-corrected chi connectivity index (χ3v) is 4.43. The fraction of sp³-hybridized carbons (Fsp3) is 0.263. The number of hydrogen-bond donors (Lipinski definition) is 1. The first-order valence-electron chi connectivity index (χ1n) is 7.79. The van der Waals surface area contributed by atoms with Gasteiger partial charge in [0.15, 0.2) is 5.78 Å². The summed E-state index contributed by atoms with van der Waals surface area (Å²) in [7, 11) is 1.83. The number of carbonyl (C=O) groups excluding carboxylic acids is 2. The van der Waals surface area contributed by atoms with Gasteiger partial charge in [0.1, 0.15) is 0 Å². The number of Topliss-reactive ketones (excluding diaryl/α,β-unsaturated/α-hetero) is 1. The van der Waals surface area contributed by atoms with E-state index in [1.54, 1.807) is 29.2 Å². The van der Waals surface area contributed by atoms with E-state index in [9.17, 15) is 9.59 Å². The molecule has 0 saturated carbocycles. The first kappa shape index (κ1) is 15.3. The molecule has 4 heteroatoms. The Kier molecular flexibility index (Phi) is 4.15. The molecule has 1 atom stereocenters. The van der Waals surface area contributed by atoms with E-state index in [4.69, 9.17) is 0 Å². The maximum Gasteiger partial charge on any atom is 0.322 e. The smallest absolute Gasteiger partial charge is 0.321 e. The molecule has 0 spiro atoms. The van der Waals surface area contributed by atoms with Gasteiger partial charge in [0, 0.05) is 18.3 Å². The zero-order valence-electron chi connectivity index (χ0n) is 13.4. The second-order valence-corrected chi connectivity index (χ2v) is 5.93. The highest BCUT2D eigenvalue weighted by atomic mass is 16.2. The Hall–Kier alpha value is -2.62. The minimum Gasteiger partial charge on any atom is -0.321 e. The number of nitrogens with one attached hydrogen (secondary N) is 1. The number of fused-ring (bicyclic) bond motifs is 1. The molecule has 2 amide bonds. The van der Waals surface area contributed by atoms with Gasteiger partial charge >= 0.3 is 6.03 Å². The fourth-order valence-electron chi connectivity index (χ4n) is 3.08. The molecule has 0 aromatic heterocycles. The van der Waals surface area contributed by atoms with Crippen LogP contribution in [0.5, 0.6) is 0 Å². The minimum absolute atomic E-state index is 0.0163. The van der Waals surface area contributed by atoms with Crippen molar-refractivity contribution in [2.45, 2.75) is 25.8 Å². The highest BCUT2D eigenvalue weighted by Crippen LogP contribution is 2.35. The molecule has 118 valence electrons. The standard InChI is InChI=1S/C19H20N2O2/c1-13(22)14-7-10-16(11-8-14)20-19(23)21(2)18-12-9-15-5-3-4-6-17(15)18/h3-8,10-11,18H,9,12H2,1-2H3,(H,20,23). The molecule has 2 aromatic carbocycles. The predicted molar refractivity (Wildman–Crippen MR) is 90.7 cm³/mol. The molecular weight excluding hydrogens is 288 g/mol. The van der Waals surface area contributed by atoms with Crippen LogP contribution in [0.4, 0.5) is 10.5 Å². The topological polar surface area (TPSA) is 49.4 Å². The summed E-state index contributed by atoms with van der Waals surface area (Å²) in [6.07, 6.45) is 1.96. The summed E-state index contributed by atoms with van der Waals surface area (Å²) in [5, 5.41) is 2.89. The van der Waals surface area contributed by atoms with E-state index in [0.717, 1.165) is 12.8 Å². The second kappa shape index (κ2) is 6.24. The molecule has 0 fully saturated rings. The average molecular weight is 308 g/mol. The Morgan fingerprint density at radius 1 is 1.09 bits per heavy atom. The molecule has 3 rings (SSSR count). The summed E-state index contributed by atoms with van der Waals surface area (Å²) in [6, 6.07) is 15.2. The summed E-state index contributed by atoms with van der Waals surface area (Å²) < 4.78 is 0. The van der Waals surface area contributed by atoms with Gasteiger partial charge in [0.25, 0.3) is 0 Å². The van der Waals surface area contributed by atoms with E-state index < -0.39 is 0 Å². The Labute approximate surface area is 136 Å². The fourth-order valence-corrected chi connectivity index (χ4v) is 3.08. The number of hydrogen-bond acceptors (Lipinski definition) is 2. The van der Waals surface area contributed by atoms with Crippen molar-refractivity contribution in [3.05, 3.63) is 65.2 Å². The predicted octanol–water partition coefficient (Wildman–Crippen LogP) is 4.04. The number of rotatable bonds is 3. The summed E-state index contributed by atoms with van der Waals surface area (Å²) in [4.78, 5) is 25.5. The van der Waals surface area contributed by atoms with Crippen molar-refractivity contribution in [2.24, 2.45) is 0 Å². The quantitative estimate of drug-likeness (QED) is 0.870. The van der Waals surface area contributed by atoms with E-state index in [1.165, 1.54) is 18.1 Å². The minimum atomic E-state index is -0.137. The largest absolute Gasteiger partial charge is 0.322 e. The Morgan fingerprint density at radius 3 is 2.48 bits per heavy atom. The lowest BCUT2D eigenvalue weighted by Crippen LogP contribution is -2.34. The highest BCUT2D eigenvalue weighted by Gasteiger charge is 2.28. The van der Waals surface area contributed by atoms with Crippen molar-refractivity contribution in [3.63, 3.8) is 0 Å². The number of nitrogens with zero attached hydrogens (tertiary/aromatic N) is 1. The number of anilines is 1. The molecule has 0 aliphatic heterocycles. The van der Waals surface area contributed by atoms with Gasteiger partial charge in [-0.3, -0.25) is 4.79 Å². The molecule has 4 nitrogen and oxygen atoms in total. The van der Waals surface area contributed by atoms with Crippen LogP contribution in [0.15, 0.2) is 48.5 Å². The van der Waals surface area contributed by atoms with Crippen LogP contribution in [0.25, 0.3) is 0 Å². The lowest BCUT2D eigenvalue weighted by atomic mass is 10.1. The van der Waals surface area contributed by atoms with Crippen LogP contribution in [0.1, 0.15) is 40.9 Å². The molecule has 2 aromatic rings. The van der Waals surface area contributed by atoms with Crippen LogP contribution in [0.3, 0.4) is 0 Å². The lowest BCUT2D eigenvalue weighted by molar-refractivity contribution is 0.101. The molecule has 1 aliphatic carbocycles. The van der Waals surface area contributed by atoms with Crippen LogP contribution in [0, 0.1) is 0 Å². The third-order valence-electron chi connectivity index (χ3n) is 4.43. The Morgan fingerprint density at radius 2 is 1.78 bits per heavy atom. The lowest BCUT2D eigenvalue weighted by Gasteiger charge is -2.25. The second-order valence-electron chi connectivity index (χ2n) is 5.93. The van der Waals surface area contributed by atoms with E-state index >= 15 is 0 Å². The van der Waals surface area contributed by atoms with Crippen molar-refractivity contribution in [1.82, 2.24) is 4.90 Å². The van der Waals surface area contributed by atoms with Gasteiger partial charge in [-0.1, -0.05) is 24.3 Å². The summed E-state index contributed by atoms with van der Waals surface area (Å²) in [5.74, 6) is 0.0163. The normalized spacial score (nSPS) is 15.8. The van der Waals surface area contributed by atoms with Crippen molar-refractivity contribution >= 4 is 17.5 Å². The van der Waals surface area contributed by atoms with E-state index in [-0.39, 0.29) is 17.9 Å². The van der Waals surface area contributed by atoms with Gasteiger partial charge in [-0.05, 0) is 55.2 Å². The van der Waals surface area contributed by atoms with Gasteiger partial charge in [-0.2, -0.15) is 0 Å². The molecule has 0 saturated heterocycles. The Bertz CT molecular complexity index is 737. The number of carbonyl (C=O) groups is 2. The third kappa shape index (κ3) is 3.11. The van der Waals surface area contributed by atoms with Crippen molar-refractivity contribution < 1.29 is 9.59 Å². The molecule has 1 N–H and O–H groups in total. The van der Waals surface area contributed by atoms with Crippen LogP contribution < -0.4 is 5.32 Å². The molecule has 0 heterocycles. The summed E-state index contributed by atoms with van der Waals surface area (Å²) >= 11 is 0. The van der Waals surface area contributed by atoms with Gasteiger partial charge in [0.2, 0.25) is 0 Å². The number of amides is 2. The van der Waals surface area contributed by atoms with E-state index in [2.05, 4.69) is 17.4 Å². The van der Waals surface area contributed by atoms with Crippen molar-refractivity contribution in [1.29, 1.82) is 0 Å².